The SMILES string of the molecule is CC1CCCN(C(=O)N2CCSC(C)(C)CC2)C1C(=O)O. The van der Waals surface area contributed by atoms with Gasteiger partial charge in [-0.2, -0.15) is 11.8 Å². The highest BCUT2D eigenvalue weighted by atomic mass is 32.2. The van der Waals surface area contributed by atoms with Crippen LogP contribution in [0.15, 0.2) is 0 Å². The van der Waals surface area contributed by atoms with Crippen molar-refractivity contribution >= 4 is 23.8 Å². The summed E-state index contributed by atoms with van der Waals surface area (Å²) in [7, 11) is 0. The Balaban J connectivity index is 2.08. The minimum atomic E-state index is -0.875. The Morgan fingerprint density at radius 2 is 1.95 bits per heavy atom. The highest BCUT2D eigenvalue weighted by Crippen LogP contribution is 2.32. The monoisotopic (exact) mass is 314 g/mol. The number of urea groups is 1. The lowest BCUT2D eigenvalue weighted by Crippen LogP contribution is -2.56. The number of rotatable bonds is 1. The molecule has 2 unspecified atom stereocenters. The molecule has 0 saturated carbocycles. The van der Waals surface area contributed by atoms with Crippen LogP contribution in [-0.4, -0.2) is 63.1 Å². The normalized spacial score (nSPS) is 29.9. The van der Waals surface area contributed by atoms with Gasteiger partial charge < -0.3 is 14.9 Å². The van der Waals surface area contributed by atoms with E-state index in [2.05, 4.69) is 13.8 Å². The molecule has 5 nitrogen and oxygen atoms in total. The van der Waals surface area contributed by atoms with Gasteiger partial charge in [0, 0.05) is 30.1 Å². The van der Waals surface area contributed by atoms with Crippen molar-refractivity contribution in [2.24, 2.45) is 5.92 Å². The fourth-order valence-electron chi connectivity index (χ4n) is 3.17. The van der Waals surface area contributed by atoms with Crippen LogP contribution in [0.25, 0.3) is 0 Å². The average molecular weight is 314 g/mol. The van der Waals surface area contributed by atoms with Crippen LogP contribution in [0.2, 0.25) is 0 Å². The van der Waals surface area contributed by atoms with E-state index in [1.165, 1.54) is 0 Å². The van der Waals surface area contributed by atoms with E-state index >= 15 is 0 Å². The number of carbonyl (C=O) groups is 2. The highest BCUT2D eigenvalue weighted by Gasteiger charge is 2.39. The predicted octanol–water partition coefficient (Wildman–Crippen LogP) is 2.51. The maximum atomic E-state index is 12.8. The van der Waals surface area contributed by atoms with E-state index in [-0.39, 0.29) is 16.7 Å². The van der Waals surface area contributed by atoms with Gasteiger partial charge in [-0.1, -0.05) is 20.8 Å². The summed E-state index contributed by atoms with van der Waals surface area (Å²) in [5, 5.41) is 9.45. The summed E-state index contributed by atoms with van der Waals surface area (Å²) in [6.45, 7) is 8.33. The lowest BCUT2D eigenvalue weighted by molar-refractivity contribution is -0.145. The van der Waals surface area contributed by atoms with Gasteiger partial charge in [0.2, 0.25) is 0 Å². The second-order valence-corrected chi connectivity index (χ2v) is 8.53. The third kappa shape index (κ3) is 3.84. The second kappa shape index (κ2) is 6.46. The fraction of sp³-hybridized carbons (Fsp3) is 0.867. The molecule has 0 bridgehead atoms. The van der Waals surface area contributed by atoms with Gasteiger partial charge in [-0.25, -0.2) is 9.59 Å². The molecule has 2 fully saturated rings. The number of thioether (sulfide) groups is 1. The van der Waals surface area contributed by atoms with Gasteiger partial charge in [0.25, 0.3) is 0 Å². The Labute approximate surface area is 131 Å². The minimum absolute atomic E-state index is 0.0259. The van der Waals surface area contributed by atoms with Crippen LogP contribution < -0.4 is 0 Å². The van der Waals surface area contributed by atoms with Crippen LogP contribution in [0.3, 0.4) is 0 Å². The molecule has 0 aromatic carbocycles. The van der Waals surface area contributed by atoms with Crippen LogP contribution in [0.1, 0.15) is 40.0 Å². The van der Waals surface area contributed by atoms with Crippen molar-refractivity contribution in [2.75, 3.05) is 25.4 Å². The van der Waals surface area contributed by atoms with E-state index in [1.807, 2.05) is 23.6 Å². The quantitative estimate of drug-likeness (QED) is 0.808. The number of likely N-dealkylation sites (tertiary alicyclic amines) is 1. The zero-order chi connectivity index (χ0) is 15.6. The zero-order valence-corrected chi connectivity index (χ0v) is 14.0. The van der Waals surface area contributed by atoms with E-state index in [4.69, 9.17) is 0 Å². The molecule has 2 atom stereocenters. The first kappa shape index (κ1) is 16.5. The lowest BCUT2D eigenvalue weighted by atomic mass is 9.91. The van der Waals surface area contributed by atoms with Gasteiger partial charge >= 0.3 is 12.0 Å². The van der Waals surface area contributed by atoms with Crippen molar-refractivity contribution in [2.45, 2.75) is 50.8 Å². The standard InChI is InChI=1S/C15H26N2O3S/c1-11-5-4-7-17(12(11)13(18)19)14(20)16-8-6-15(2,3)21-10-9-16/h11-12H,4-10H2,1-3H3,(H,18,19). The van der Waals surface area contributed by atoms with E-state index in [9.17, 15) is 14.7 Å². The number of amides is 2. The third-order valence-corrected chi connectivity index (χ3v) is 5.91. The van der Waals surface area contributed by atoms with Crippen LogP contribution in [-0.2, 0) is 4.79 Å². The summed E-state index contributed by atoms with van der Waals surface area (Å²) in [4.78, 5) is 27.7. The number of piperidine rings is 1. The summed E-state index contributed by atoms with van der Waals surface area (Å²) in [5.41, 5.74) is 0. The third-order valence-electron chi connectivity index (χ3n) is 4.54. The van der Waals surface area contributed by atoms with Gasteiger partial charge in [0.05, 0.1) is 0 Å². The van der Waals surface area contributed by atoms with Gasteiger partial charge in [-0.15, -0.1) is 0 Å². The van der Waals surface area contributed by atoms with Crippen molar-refractivity contribution in [3.63, 3.8) is 0 Å². The average Bonchev–Trinajstić information content (AvgIpc) is 2.58. The van der Waals surface area contributed by atoms with Crippen molar-refractivity contribution < 1.29 is 14.7 Å². The first-order chi connectivity index (χ1) is 9.82. The molecule has 2 aliphatic heterocycles. The molecule has 120 valence electrons. The second-order valence-electron chi connectivity index (χ2n) is 6.72. The maximum absolute atomic E-state index is 12.8. The first-order valence-corrected chi connectivity index (χ1v) is 8.73. The molecule has 0 aromatic rings. The molecule has 2 saturated heterocycles. The highest BCUT2D eigenvalue weighted by molar-refractivity contribution is 8.00. The Hall–Kier alpha value is -0.910. The van der Waals surface area contributed by atoms with Gasteiger partial charge in [0.15, 0.2) is 0 Å². The summed E-state index contributed by atoms with van der Waals surface area (Å²) < 4.78 is 0.191. The number of carboxylic acids is 1. The van der Waals surface area contributed by atoms with E-state index < -0.39 is 12.0 Å². The molecule has 0 aliphatic carbocycles. The largest absolute Gasteiger partial charge is 0.480 e. The Morgan fingerprint density at radius 1 is 1.24 bits per heavy atom. The van der Waals surface area contributed by atoms with Crippen molar-refractivity contribution in [1.29, 1.82) is 0 Å². The topological polar surface area (TPSA) is 60.9 Å². The number of hydrogen-bond donors (Lipinski definition) is 1. The number of hydrogen-bond acceptors (Lipinski definition) is 3. The summed E-state index contributed by atoms with van der Waals surface area (Å²) in [6.07, 6.45) is 2.72. The van der Waals surface area contributed by atoms with Crippen molar-refractivity contribution in [3.8, 4) is 0 Å². The molecule has 0 spiro atoms. The molecular formula is C15H26N2O3S. The Morgan fingerprint density at radius 3 is 2.62 bits per heavy atom. The number of carbonyl (C=O) groups excluding carboxylic acids is 1. The van der Waals surface area contributed by atoms with Gasteiger partial charge in [-0.05, 0) is 25.2 Å². The molecule has 0 aromatic heterocycles. The molecule has 6 heteroatoms. The van der Waals surface area contributed by atoms with E-state index in [0.717, 1.165) is 31.6 Å². The van der Waals surface area contributed by atoms with Gasteiger partial charge in [-0.3, -0.25) is 0 Å². The van der Waals surface area contributed by atoms with Crippen LogP contribution >= 0.6 is 11.8 Å². The number of aliphatic carboxylic acids is 1. The molecule has 1 N–H and O–H groups in total. The van der Waals surface area contributed by atoms with Crippen LogP contribution in [0.5, 0.6) is 0 Å². The number of nitrogens with zero attached hydrogens (tertiary/aromatic N) is 2. The van der Waals surface area contributed by atoms with Crippen LogP contribution in [0.4, 0.5) is 4.79 Å². The molecule has 21 heavy (non-hydrogen) atoms. The molecular weight excluding hydrogens is 288 g/mol. The zero-order valence-electron chi connectivity index (χ0n) is 13.2. The van der Waals surface area contributed by atoms with E-state index in [0.29, 0.717) is 13.1 Å². The van der Waals surface area contributed by atoms with Crippen molar-refractivity contribution in [3.05, 3.63) is 0 Å². The molecule has 2 aliphatic rings. The maximum Gasteiger partial charge on any atom is 0.326 e. The van der Waals surface area contributed by atoms with Crippen LogP contribution in [0, 0.1) is 5.92 Å². The number of carboxylic acid groups (broad SMARTS) is 1. The minimum Gasteiger partial charge on any atom is -0.480 e. The molecule has 0 radical (unpaired) electrons. The van der Waals surface area contributed by atoms with Crippen molar-refractivity contribution in [1.82, 2.24) is 9.80 Å². The molecule has 2 rings (SSSR count). The fourth-order valence-corrected chi connectivity index (χ4v) is 4.27. The summed E-state index contributed by atoms with van der Waals surface area (Å²) in [5.74, 6) is 0.0675. The molecule has 2 amide bonds. The predicted molar refractivity (Wildman–Crippen MR) is 84.7 cm³/mol. The van der Waals surface area contributed by atoms with E-state index in [1.54, 1.807) is 4.90 Å². The lowest BCUT2D eigenvalue weighted by Gasteiger charge is -2.40. The van der Waals surface area contributed by atoms with Gasteiger partial charge in [0.1, 0.15) is 6.04 Å². The first-order valence-electron chi connectivity index (χ1n) is 7.74. The Kier molecular flexibility index (Phi) is 5.07. The summed E-state index contributed by atoms with van der Waals surface area (Å²) in [6, 6.07) is -0.762. The summed E-state index contributed by atoms with van der Waals surface area (Å²) >= 11 is 1.89. The molecule has 2 heterocycles. The smallest absolute Gasteiger partial charge is 0.326 e. The Bertz CT molecular complexity index is 414.